The smallest absolute Gasteiger partial charge is 0.361 e. The molecule has 27 heavy (non-hydrogen) atoms. The molecule has 1 aromatic heterocycles. The zero-order chi connectivity index (χ0) is 20.2. The van der Waals surface area contributed by atoms with E-state index in [-0.39, 0.29) is 5.69 Å². The monoisotopic (exact) mass is 393 g/mol. The number of amides is 3. The topological polar surface area (TPSA) is 115 Å². The normalized spacial score (nSPS) is 11.0. The zero-order valence-electron chi connectivity index (χ0n) is 15.4. The van der Waals surface area contributed by atoms with Gasteiger partial charge in [-0.2, -0.15) is 9.90 Å². The molecular weight excluding hydrogens is 374 g/mol. The summed E-state index contributed by atoms with van der Waals surface area (Å²) in [6, 6.07) is 6.11. The molecule has 0 unspecified atom stereocenters. The predicted molar refractivity (Wildman–Crippen MR) is 97.8 cm³/mol. The van der Waals surface area contributed by atoms with Crippen molar-refractivity contribution >= 4 is 29.5 Å². The molecule has 2 N–H and O–H groups in total. The molecule has 3 amide bonds. The Bertz CT molecular complexity index is 872. The maximum Gasteiger partial charge on any atom is 0.361 e. The lowest BCUT2D eigenvalue weighted by atomic mass is 10.1. The number of benzene rings is 1. The number of hydrogen-bond donors (Lipinski definition) is 2. The van der Waals surface area contributed by atoms with E-state index in [2.05, 4.69) is 20.8 Å². The lowest BCUT2D eigenvalue weighted by Gasteiger charge is -2.20. The number of esters is 1. The number of aromatic nitrogens is 3. The number of nitrogens with one attached hydrogen (secondary N) is 2. The molecular formula is C17H20ClN5O4. The minimum atomic E-state index is -0.827. The third-order valence-corrected chi connectivity index (χ3v) is 3.33. The van der Waals surface area contributed by atoms with E-state index in [4.69, 9.17) is 16.3 Å². The number of imide groups is 1. The summed E-state index contributed by atoms with van der Waals surface area (Å²) in [6.45, 7) is 6.26. The van der Waals surface area contributed by atoms with Crippen molar-refractivity contribution in [2.75, 3.05) is 6.61 Å². The van der Waals surface area contributed by atoms with E-state index >= 15 is 0 Å². The summed E-state index contributed by atoms with van der Waals surface area (Å²) in [5.41, 5.74) is 0.353. The van der Waals surface area contributed by atoms with E-state index in [9.17, 15) is 14.4 Å². The van der Waals surface area contributed by atoms with Crippen LogP contribution in [0.1, 0.15) is 37.0 Å². The Labute approximate surface area is 161 Å². The first-order valence-electron chi connectivity index (χ1n) is 8.04. The molecule has 0 spiro atoms. The van der Waals surface area contributed by atoms with Gasteiger partial charge in [-0.1, -0.05) is 17.7 Å². The van der Waals surface area contributed by atoms with Gasteiger partial charge in [0.05, 0.1) is 11.4 Å². The SMILES string of the molecule is Cc1nn(-c2cccc(Cl)c2)nc1C(=O)OCC(=O)NC(=O)NC(C)(C)C. The maximum absolute atomic E-state index is 12.2. The second-order valence-electron chi connectivity index (χ2n) is 6.73. The number of rotatable bonds is 4. The van der Waals surface area contributed by atoms with E-state index < -0.39 is 30.1 Å². The number of urea groups is 1. The Balaban J connectivity index is 1.96. The molecule has 0 saturated heterocycles. The van der Waals surface area contributed by atoms with Gasteiger partial charge in [0.25, 0.3) is 5.91 Å². The molecule has 0 bridgehead atoms. The van der Waals surface area contributed by atoms with Crippen molar-refractivity contribution in [3.63, 3.8) is 0 Å². The Hall–Kier alpha value is -2.94. The standard InChI is InChI=1S/C17H20ClN5O4/c1-10-14(22-23(21-10)12-7-5-6-11(18)8-12)15(25)27-9-13(24)19-16(26)20-17(2,3)4/h5-8H,9H2,1-4H3,(H2,19,20,24,26). The van der Waals surface area contributed by atoms with Crippen LogP contribution in [-0.2, 0) is 9.53 Å². The van der Waals surface area contributed by atoms with Gasteiger partial charge >= 0.3 is 12.0 Å². The van der Waals surface area contributed by atoms with Crippen LogP contribution in [0.25, 0.3) is 5.69 Å². The molecule has 1 heterocycles. The second kappa shape index (κ2) is 8.17. The van der Waals surface area contributed by atoms with Gasteiger partial charge < -0.3 is 10.1 Å². The van der Waals surface area contributed by atoms with Crippen LogP contribution in [0.4, 0.5) is 4.79 Å². The van der Waals surface area contributed by atoms with Gasteiger partial charge in [-0.05, 0) is 45.9 Å². The van der Waals surface area contributed by atoms with E-state index in [1.54, 1.807) is 52.0 Å². The molecule has 10 heteroatoms. The Morgan fingerprint density at radius 1 is 1.22 bits per heavy atom. The summed E-state index contributed by atoms with van der Waals surface area (Å²) in [5, 5.41) is 13.3. The van der Waals surface area contributed by atoms with Gasteiger partial charge in [-0.25, -0.2) is 9.59 Å². The third kappa shape index (κ3) is 6.07. The van der Waals surface area contributed by atoms with Crippen LogP contribution < -0.4 is 10.6 Å². The van der Waals surface area contributed by atoms with Crippen LogP contribution >= 0.6 is 11.6 Å². The van der Waals surface area contributed by atoms with Gasteiger partial charge in [0.1, 0.15) is 0 Å². The molecule has 9 nitrogen and oxygen atoms in total. The van der Waals surface area contributed by atoms with E-state index in [1.807, 2.05) is 0 Å². The molecule has 1 aromatic carbocycles. The summed E-state index contributed by atoms with van der Waals surface area (Å²) in [4.78, 5) is 36.7. The second-order valence-corrected chi connectivity index (χ2v) is 7.17. The molecule has 0 fully saturated rings. The summed E-state index contributed by atoms with van der Waals surface area (Å²) < 4.78 is 4.90. The van der Waals surface area contributed by atoms with Crippen LogP contribution in [0.5, 0.6) is 0 Å². The van der Waals surface area contributed by atoms with E-state index in [0.29, 0.717) is 16.4 Å². The highest BCUT2D eigenvalue weighted by molar-refractivity contribution is 6.30. The lowest BCUT2D eigenvalue weighted by Crippen LogP contribution is -2.49. The molecule has 0 atom stereocenters. The van der Waals surface area contributed by atoms with Crippen LogP contribution in [-0.4, -0.2) is 45.0 Å². The summed E-state index contributed by atoms with van der Waals surface area (Å²) in [5.74, 6) is -1.59. The van der Waals surface area contributed by atoms with Crippen molar-refractivity contribution in [2.24, 2.45) is 0 Å². The molecule has 2 rings (SSSR count). The quantitative estimate of drug-likeness (QED) is 0.768. The first-order valence-corrected chi connectivity index (χ1v) is 8.42. The predicted octanol–water partition coefficient (Wildman–Crippen LogP) is 2.01. The van der Waals surface area contributed by atoms with Gasteiger partial charge in [-0.15, -0.1) is 5.10 Å². The number of nitrogens with zero attached hydrogens (tertiary/aromatic N) is 3. The number of hydrogen-bond acceptors (Lipinski definition) is 6. The van der Waals surface area contributed by atoms with Crippen LogP contribution in [0.3, 0.4) is 0 Å². The van der Waals surface area contributed by atoms with Crippen molar-refractivity contribution in [3.8, 4) is 5.69 Å². The third-order valence-electron chi connectivity index (χ3n) is 3.09. The highest BCUT2D eigenvalue weighted by Crippen LogP contribution is 2.14. The number of ether oxygens (including phenoxy) is 1. The maximum atomic E-state index is 12.2. The van der Waals surface area contributed by atoms with Crippen LogP contribution in [0, 0.1) is 6.92 Å². The highest BCUT2D eigenvalue weighted by Gasteiger charge is 2.20. The number of halogens is 1. The van der Waals surface area contributed by atoms with Crippen LogP contribution in [0.15, 0.2) is 24.3 Å². The van der Waals surface area contributed by atoms with Gasteiger partial charge in [0, 0.05) is 10.6 Å². The van der Waals surface area contributed by atoms with E-state index in [0.717, 1.165) is 0 Å². The van der Waals surface area contributed by atoms with Crippen LogP contribution in [0.2, 0.25) is 5.02 Å². The van der Waals surface area contributed by atoms with Crippen molar-refractivity contribution in [1.29, 1.82) is 0 Å². The lowest BCUT2D eigenvalue weighted by molar-refractivity contribution is -0.123. The molecule has 0 aliphatic heterocycles. The van der Waals surface area contributed by atoms with Gasteiger partial charge in [0.2, 0.25) is 0 Å². The zero-order valence-corrected chi connectivity index (χ0v) is 16.1. The van der Waals surface area contributed by atoms with Gasteiger partial charge in [0.15, 0.2) is 12.3 Å². The van der Waals surface area contributed by atoms with Crippen molar-refractivity contribution < 1.29 is 19.1 Å². The number of aryl methyl sites for hydroxylation is 1. The Kier molecular flexibility index (Phi) is 6.17. The van der Waals surface area contributed by atoms with Crippen molar-refractivity contribution in [1.82, 2.24) is 25.6 Å². The Morgan fingerprint density at radius 2 is 1.93 bits per heavy atom. The van der Waals surface area contributed by atoms with Crippen molar-refractivity contribution in [2.45, 2.75) is 33.2 Å². The highest BCUT2D eigenvalue weighted by atomic mass is 35.5. The largest absolute Gasteiger partial charge is 0.451 e. The number of carbonyl (C=O) groups is 3. The minimum Gasteiger partial charge on any atom is -0.451 e. The average Bonchev–Trinajstić information content (AvgIpc) is 2.92. The first-order chi connectivity index (χ1) is 12.5. The molecule has 144 valence electrons. The minimum absolute atomic E-state index is 0.0399. The van der Waals surface area contributed by atoms with Crippen molar-refractivity contribution in [3.05, 3.63) is 40.7 Å². The summed E-state index contributed by atoms with van der Waals surface area (Å²) in [6.07, 6.45) is 0. The fourth-order valence-corrected chi connectivity index (χ4v) is 2.20. The molecule has 2 aromatic rings. The Morgan fingerprint density at radius 3 is 2.56 bits per heavy atom. The molecule has 0 saturated carbocycles. The van der Waals surface area contributed by atoms with Gasteiger partial charge in [-0.3, -0.25) is 10.1 Å². The fourth-order valence-electron chi connectivity index (χ4n) is 2.02. The molecule has 0 aliphatic carbocycles. The average molecular weight is 394 g/mol. The fraction of sp³-hybridized carbons (Fsp3) is 0.353. The summed E-state index contributed by atoms with van der Waals surface area (Å²) >= 11 is 5.93. The van der Waals surface area contributed by atoms with E-state index in [1.165, 1.54) is 4.80 Å². The first kappa shape index (κ1) is 20.4. The molecule has 0 radical (unpaired) electrons. The number of carbonyl (C=O) groups excluding carboxylic acids is 3. The summed E-state index contributed by atoms with van der Waals surface area (Å²) in [7, 11) is 0. The molecule has 0 aliphatic rings.